The van der Waals surface area contributed by atoms with Gasteiger partial charge in [0.15, 0.2) is 11.9 Å². The molecule has 0 aromatic rings. The highest BCUT2D eigenvalue weighted by molar-refractivity contribution is 5.86. The number of rotatable bonds is 20. The Kier molecular flexibility index (Phi) is 18.7. The molecule has 166 valence electrons. The number of aliphatic hydroxyl groups excluding tert-OH is 2. The SMILES string of the molecule is CCCCCCCCCC(=O)OC(C(=O)CCCCCCCCC)C(O)CO. The number of unbranched alkanes of at least 4 members (excludes halogenated alkanes) is 12. The monoisotopic (exact) mass is 400 g/mol. The molecule has 5 nitrogen and oxygen atoms in total. The Balaban J connectivity index is 4.07. The van der Waals surface area contributed by atoms with Crippen LogP contribution in [0.5, 0.6) is 0 Å². The Morgan fingerprint density at radius 3 is 1.61 bits per heavy atom. The number of hydrogen-bond acceptors (Lipinski definition) is 5. The minimum atomic E-state index is -1.34. The third-order valence-corrected chi connectivity index (χ3v) is 5.12. The summed E-state index contributed by atoms with van der Waals surface area (Å²) in [5, 5.41) is 19.1. The fourth-order valence-corrected chi connectivity index (χ4v) is 3.28. The van der Waals surface area contributed by atoms with Gasteiger partial charge in [-0.3, -0.25) is 9.59 Å². The summed E-state index contributed by atoms with van der Waals surface area (Å²) in [6, 6.07) is 0. The molecule has 0 aliphatic carbocycles. The zero-order valence-corrected chi connectivity index (χ0v) is 18.3. The first kappa shape index (κ1) is 27.1. The lowest BCUT2D eigenvalue weighted by molar-refractivity contribution is -0.163. The summed E-state index contributed by atoms with van der Waals surface area (Å²) >= 11 is 0. The number of ketones is 1. The number of aliphatic hydroxyl groups is 2. The lowest BCUT2D eigenvalue weighted by atomic mass is 10.0. The van der Waals surface area contributed by atoms with E-state index >= 15 is 0 Å². The van der Waals surface area contributed by atoms with Crippen molar-refractivity contribution >= 4 is 11.8 Å². The second kappa shape index (κ2) is 19.4. The third-order valence-electron chi connectivity index (χ3n) is 5.12. The minimum Gasteiger partial charge on any atom is -0.451 e. The van der Waals surface area contributed by atoms with Crippen molar-refractivity contribution in [2.24, 2.45) is 0 Å². The summed E-state index contributed by atoms with van der Waals surface area (Å²) in [4.78, 5) is 24.4. The van der Waals surface area contributed by atoms with Crippen LogP contribution in [0.2, 0.25) is 0 Å². The molecule has 2 unspecified atom stereocenters. The van der Waals surface area contributed by atoms with Crippen LogP contribution in [0, 0.1) is 0 Å². The molecule has 5 heteroatoms. The predicted molar refractivity (Wildman–Crippen MR) is 113 cm³/mol. The Morgan fingerprint density at radius 1 is 0.714 bits per heavy atom. The van der Waals surface area contributed by atoms with Crippen molar-refractivity contribution in [3.63, 3.8) is 0 Å². The van der Waals surface area contributed by atoms with Crippen LogP contribution in [-0.2, 0) is 14.3 Å². The Morgan fingerprint density at radius 2 is 1.14 bits per heavy atom. The van der Waals surface area contributed by atoms with Crippen molar-refractivity contribution in [1.82, 2.24) is 0 Å². The summed E-state index contributed by atoms with van der Waals surface area (Å²) in [6.07, 6.45) is 13.3. The molecule has 2 atom stereocenters. The molecule has 0 heterocycles. The van der Waals surface area contributed by atoms with Gasteiger partial charge in [-0.25, -0.2) is 0 Å². The molecular formula is C23H44O5. The fourth-order valence-electron chi connectivity index (χ4n) is 3.28. The molecule has 0 aromatic carbocycles. The standard InChI is InChI=1S/C23H44O5/c1-3-5-7-9-11-13-15-17-20(25)23(21(26)19-24)28-22(27)18-16-14-12-10-8-6-4-2/h21,23-24,26H,3-19H2,1-2H3. The third kappa shape index (κ3) is 15.0. The van der Waals surface area contributed by atoms with Gasteiger partial charge in [0.1, 0.15) is 6.10 Å². The van der Waals surface area contributed by atoms with E-state index in [0.717, 1.165) is 38.5 Å². The van der Waals surface area contributed by atoms with Crippen molar-refractivity contribution < 1.29 is 24.5 Å². The van der Waals surface area contributed by atoms with E-state index in [1.807, 2.05) is 0 Å². The molecule has 0 rings (SSSR count). The highest BCUT2D eigenvalue weighted by Crippen LogP contribution is 2.14. The average molecular weight is 401 g/mol. The molecule has 0 spiro atoms. The molecule has 0 amide bonds. The van der Waals surface area contributed by atoms with Gasteiger partial charge in [-0.15, -0.1) is 0 Å². The minimum absolute atomic E-state index is 0.257. The smallest absolute Gasteiger partial charge is 0.306 e. The second-order valence-electron chi connectivity index (χ2n) is 7.87. The molecule has 0 radical (unpaired) electrons. The van der Waals surface area contributed by atoms with Crippen LogP contribution in [0.3, 0.4) is 0 Å². The van der Waals surface area contributed by atoms with Gasteiger partial charge in [0.2, 0.25) is 0 Å². The van der Waals surface area contributed by atoms with E-state index in [1.165, 1.54) is 51.4 Å². The van der Waals surface area contributed by atoms with Gasteiger partial charge in [0.05, 0.1) is 6.61 Å². The van der Waals surface area contributed by atoms with Gasteiger partial charge in [-0.1, -0.05) is 90.9 Å². The van der Waals surface area contributed by atoms with Crippen molar-refractivity contribution in [2.75, 3.05) is 6.61 Å². The summed E-state index contributed by atoms with van der Waals surface area (Å²) < 4.78 is 5.22. The summed E-state index contributed by atoms with van der Waals surface area (Å²) in [6.45, 7) is 3.78. The zero-order chi connectivity index (χ0) is 21.0. The van der Waals surface area contributed by atoms with Crippen molar-refractivity contribution in [1.29, 1.82) is 0 Å². The van der Waals surface area contributed by atoms with Gasteiger partial charge in [0, 0.05) is 12.8 Å². The molecule has 0 aromatic heterocycles. The summed E-state index contributed by atoms with van der Waals surface area (Å²) in [7, 11) is 0. The van der Waals surface area contributed by atoms with E-state index < -0.39 is 24.8 Å². The Labute approximate surface area is 172 Å². The van der Waals surface area contributed by atoms with Crippen LogP contribution in [0.1, 0.15) is 117 Å². The molecule has 2 N–H and O–H groups in total. The predicted octanol–water partition coefficient (Wildman–Crippen LogP) is 5.10. The lowest BCUT2D eigenvalue weighted by Crippen LogP contribution is -2.40. The number of hydrogen-bond donors (Lipinski definition) is 2. The van der Waals surface area contributed by atoms with Gasteiger partial charge >= 0.3 is 5.97 Å². The van der Waals surface area contributed by atoms with E-state index in [1.54, 1.807) is 0 Å². The number of esters is 1. The van der Waals surface area contributed by atoms with E-state index in [9.17, 15) is 19.8 Å². The maximum atomic E-state index is 12.3. The molecule has 0 bridgehead atoms. The average Bonchev–Trinajstić information content (AvgIpc) is 2.69. The maximum Gasteiger partial charge on any atom is 0.306 e. The first-order valence-corrected chi connectivity index (χ1v) is 11.6. The van der Waals surface area contributed by atoms with E-state index in [-0.39, 0.29) is 18.6 Å². The number of ether oxygens (including phenoxy) is 1. The van der Waals surface area contributed by atoms with Crippen LogP contribution >= 0.6 is 0 Å². The zero-order valence-electron chi connectivity index (χ0n) is 18.3. The number of carbonyl (C=O) groups excluding carboxylic acids is 2. The van der Waals surface area contributed by atoms with Crippen LogP contribution in [0.4, 0.5) is 0 Å². The largest absolute Gasteiger partial charge is 0.451 e. The molecule has 0 aliphatic rings. The van der Waals surface area contributed by atoms with Crippen LogP contribution in [0.25, 0.3) is 0 Å². The quantitative estimate of drug-likeness (QED) is 0.219. The van der Waals surface area contributed by atoms with Crippen molar-refractivity contribution in [2.45, 2.75) is 129 Å². The van der Waals surface area contributed by atoms with Gasteiger partial charge in [-0.2, -0.15) is 0 Å². The summed E-state index contributed by atoms with van der Waals surface area (Å²) in [5.74, 6) is -0.748. The van der Waals surface area contributed by atoms with Crippen molar-refractivity contribution in [3.8, 4) is 0 Å². The number of Topliss-reactive ketones (excluding diaryl/α,β-unsaturated/α-hetero) is 1. The highest BCUT2D eigenvalue weighted by Gasteiger charge is 2.29. The summed E-state index contributed by atoms with van der Waals surface area (Å²) in [5.41, 5.74) is 0. The number of carbonyl (C=O) groups is 2. The first-order chi connectivity index (χ1) is 13.6. The highest BCUT2D eigenvalue weighted by atomic mass is 16.6. The van der Waals surface area contributed by atoms with E-state index in [0.29, 0.717) is 0 Å². The Hall–Kier alpha value is -0.940. The van der Waals surface area contributed by atoms with E-state index in [2.05, 4.69) is 13.8 Å². The van der Waals surface area contributed by atoms with Crippen LogP contribution < -0.4 is 0 Å². The molecule has 0 aliphatic heterocycles. The first-order valence-electron chi connectivity index (χ1n) is 11.6. The van der Waals surface area contributed by atoms with Crippen molar-refractivity contribution in [3.05, 3.63) is 0 Å². The Bertz CT molecular complexity index is 383. The molecular weight excluding hydrogens is 356 g/mol. The van der Waals surface area contributed by atoms with Gasteiger partial charge in [0.25, 0.3) is 0 Å². The molecule has 0 saturated carbocycles. The lowest BCUT2D eigenvalue weighted by Gasteiger charge is -2.20. The maximum absolute atomic E-state index is 12.3. The van der Waals surface area contributed by atoms with Crippen LogP contribution in [0.15, 0.2) is 0 Å². The van der Waals surface area contributed by atoms with Gasteiger partial charge in [-0.05, 0) is 12.8 Å². The second-order valence-corrected chi connectivity index (χ2v) is 7.87. The van der Waals surface area contributed by atoms with Crippen LogP contribution in [-0.4, -0.2) is 40.8 Å². The molecule has 28 heavy (non-hydrogen) atoms. The van der Waals surface area contributed by atoms with E-state index in [4.69, 9.17) is 4.74 Å². The topological polar surface area (TPSA) is 83.8 Å². The molecule has 0 fully saturated rings. The fraction of sp³-hybridized carbons (Fsp3) is 0.913. The van der Waals surface area contributed by atoms with Gasteiger partial charge < -0.3 is 14.9 Å². The normalized spacial score (nSPS) is 13.3. The molecule has 0 saturated heterocycles.